The lowest BCUT2D eigenvalue weighted by Gasteiger charge is -2.33. The molecule has 0 aromatic carbocycles. The average molecular weight is 278 g/mol. The van der Waals surface area contributed by atoms with E-state index in [1.807, 2.05) is 0 Å². The lowest BCUT2D eigenvalue weighted by Crippen LogP contribution is -2.48. The van der Waals surface area contributed by atoms with Crippen molar-refractivity contribution in [2.75, 3.05) is 32.6 Å². The van der Waals surface area contributed by atoms with Crippen LogP contribution in [0.3, 0.4) is 0 Å². The molecule has 0 aliphatic carbocycles. The molecule has 0 saturated carbocycles. The molecule has 1 atom stereocenters. The van der Waals surface area contributed by atoms with Crippen molar-refractivity contribution in [2.45, 2.75) is 45.2 Å². The number of piperidine rings is 1. The Hall–Kier alpha value is -0.170. The number of hydrogen-bond donors (Lipinski definition) is 1. The van der Waals surface area contributed by atoms with Gasteiger partial charge in [-0.05, 0) is 26.2 Å². The van der Waals surface area contributed by atoms with Crippen molar-refractivity contribution in [1.82, 2.24) is 9.62 Å². The van der Waals surface area contributed by atoms with Crippen LogP contribution in [0.4, 0.5) is 0 Å². The summed E-state index contributed by atoms with van der Waals surface area (Å²) in [6.45, 7) is 5.82. The Kier molecular flexibility index (Phi) is 6.55. The van der Waals surface area contributed by atoms with Gasteiger partial charge in [0.05, 0.1) is 12.4 Å². The SMILES string of the molecule is CCC(COC)NC1CCN(S(=O)(=O)CC)CC1. The first-order chi connectivity index (χ1) is 8.53. The van der Waals surface area contributed by atoms with Gasteiger partial charge in [-0.15, -0.1) is 0 Å². The summed E-state index contributed by atoms with van der Waals surface area (Å²) in [6, 6.07) is 0.780. The second-order valence-electron chi connectivity index (χ2n) is 4.80. The average Bonchev–Trinajstić information content (AvgIpc) is 2.39. The molecule has 0 bridgehead atoms. The van der Waals surface area contributed by atoms with Crippen LogP contribution in [0.2, 0.25) is 0 Å². The predicted octanol–water partition coefficient (Wildman–Crippen LogP) is 0.815. The molecule has 1 fully saturated rings. The molecule has 1 unspecified atom stereocenters. The van der Waals surface area contributed by atoms with Gasteiger partial charge in [-0.25, -0.2) is 12.7 Å². The third-order valence-corrected chi connectivity index (χ3v) is 5.43. The summed E-state index contributed by atoms with van der Waals surface area (Å²) in [5.41, 5.74) is 0. The monoisotopic (exact) mass is 278 g/mol. The number of rotatable bonds is 7. The van der Waals surface area contributed by atoms with Gasteiger partial charge < -0.3 is 10.1 Å². The van der Waals surface area contributed by atoms with Crippen molar-refractivity contribution in [3.63, 3.8) is 0 Å². The standard InChI is InChI=1S/C12H26N2O3S/c1-4-11(10-17-3)13-12-6-8-14(9-7-12)18(15,16)5-2/h11-13H,4-10H2,1-3H3. The van der Waals surface area contributed by atoms with E-state index in [-0.39, 0.29) is 5.75 Å². The van der Waals surface area contributed by atoms with Gasteiger partial charge in [-0.1, -0.05) is 6.92 Å². The van der Waals surface area contributed by atoms with Crippen molar-refractivity contribution >= 4 is 10.0 Å². The first kappa shape index (κ1) is 15.9. The van der Waals surface area contributed by atoms with Crippen molar-refractivity contribution < 1.29 is 13.2 Å². The maximum Gasteiger partial charge on any atom is 0.213 e. The Morgan fingerprint density at radius 1 is 1.33 bits per heavy atom. The first-order valence-corrected chi connectivity index (χ1v) is 8.37. The summed E-state index contributed by atoms with van der Waals surface area (Å²) < 4.78 is 30.2. The Labute approximate surface area is 111 Å². The van der Waals surface area contributed by atoms with Crippen LogP contribution in [0.1, 0.15) is 33.1 Å². The Morgan fingerprint density at radius 3 is 2.39 bits per heavy atom. The predicted molar refractivity (Wildman–Crippen MR) is 73.1 cm³/mol. The Balaban J connectivity index is 2.39. The minimum Gasteiger partial charge on any atom is -0.383 e. The molecule has 1 aliphatic heterocycles. The highest BCUT2D eigenvalue weighted by molar-refractivity contribution is 7.89. The molecule has 108 valence electrons. The number of methoxy groups -OCH3 is 1. The number of nitrogens with zero attached hydrogens (tertiary/aromatic N) is 1. The quantitative estimate of drug-likeness (QED) is 0.749. The van der Waals surface area contributed by atoms with Crippen LogP contribution in [0.15, 0.2) is 0 Å². The zero-order valence-electron chi connectivity index (χ0n) is 11.7. The molecule has 0 amide bonds. The zero-order valence-corrected chi connectivity index (χ0v) is 12.5. The van der Waals surface area contributed by atoms with Gasteiger partial charge in [-0.3, -0.25) is 0 Å². The van der Waals surface area contributed by atoms with Crippen LogP contribution in [0, 0.1) is 0 Å². The van der Waals surface area contributed by atoms with E-state index in [4.69, 9.17) is 4.74 Å². The molecule has 0 radical (unpaired) electrons. The van der Waals surface area contributed by atoms with Crippen LogP contribution >= 0.6 is 0 Å². The Bertz CT molecular complexity index is 324. The van der Waals surface area contributed by atoms with Crippen LogP contribution in [-0.4, -0.2) is 57.4 Å². The highest BCUT2D eigenvalue weighted by atomic mass is 32.2. The highest BCUT2D eigenvalue weighted by Gasteiger charge is 2.27. The van der Waals surface area contributed by atoms with Crippen molar-refractivity contribution in [3.8, 4) is 0 Å². The second-order valence-corrected chi connectivity index (χ2v) is 7.06. The molecule has 1 rings (SSSR count). The lowest BCUT2D eigenvalue weighted by molar-refractivity contribution is 0.150. The number of hydrogen-bond acceptors (Lipinski definition) is 4. The second kappa shape index (κ2) is 7.43. The fraction of sp³-hybridized carbons (Fsp3) is 1.00. The van der Waals surface area contributed by atoms with Crippen molar-refractivity contribution in [3.05, 3.63) is 0 Å². The van der Waals surface area contributed by atoms with Gasteiger partial charge in [0, 0.05) is 32.3 Å². The first-order valence-electron chi connectivity index (χ1n) is 6.76. The van der Waals surface area contributed by atoms with Crippen molar-refractivity contribution in [1.29, 1.82) is 0 Å². The van der Waals surface area contributed by atoms with E-state index >= 15 is 0 Å². The third kappa shape index (κ3) is 4.50. The van der Waals surface area contributed by atoms with Gasteiger partial charge in [0.25, 0.3) is 0 Å². The summed E-state index contributed by atoms with van der Waals surface area (Å²) in [5.74, 6) is 0.201. The van der Waals surface area contributed by atoms with E-state index in [0.717, 1.165) is 19.3 Å². The molecule has 1 heterocycles. The summed E-state index contributed by atoms with van der Waals surface area (Å²) in [4.78, 5) is 0. The summed E-state index contributed by atoms with van der Waals surface area (Å²) in [6.07, 6.45) is 2.81. The molecule has 1 N–H and O–H groups in total. The van der Waals surface area contributed by atoms with Gasteiger partial charge in [0.1, 0.15) is 0 Å². The molecule has 1 aliphatic rings. The van der Waals surface area contributed by atoms with E-state index in [0.29, 0.717) is 31.8 Å². The number of sulfonamides is 1. The normalized spacial score (nSPS) is 21.1. The number of nitrogens with one attached hydrogen (secondary N) is 1. The summed E-state index contributed by atoms with van der Waals surface area (Å²) >= 11 is 0. The topological polar surface area (TPSA) is 58.6 Å². The van der Waals surface area contributed by atoms with Crippen LogP contribution in [0.25, 0.3) is 0 Å². The molecule has 0 aromatic rings. The minimum atomic E-state index is -3.01. The van der Waals surface area contributed by atoms with E-state index in [1.54, 1.807) is 18.3 Å². The van der Waals surface area contributed by atoms with Gasteiger partial charge >= 0.3 is 0 Å². The third-order valence-electron chi connectivity index (χ3n) is 3.54. The molecule has 18 heavy (non-hydrogen) atoms. The van der Waals surface area contributed by atoms with Gasteiger partial charge in [-0.2, -0.15) is 0 Å². The van der Waals surface area contributed by atoms with Gasteiger partial charge in [0.2, 0.25) is 10.0 Å². The molecule has 1 saturated heterocycles. The van der Waals surface area contributed by atoms with E-state index in [1.165, 1.54) is 0 Å². The van der Waals surface area contributed by atoms with Crippen molar-refractivity contribution in [2.24, 2.45) is 0 Å². The molecule has 6 heteroatoms. The van der Waals surface area contributed by atoms with E-state index < -0.39 is 10.0 Å². The molecule has 0 aromatic heterocycles. The molecule has 5 nitrogen and oxygen atoms in total. The largest absolute Gasteiger partial charge is 0.383 e. The van der Waals surface area contributed by atoms with E-state index in [9.17, 15) is 8.42 Å². The lowest BCUT2D eigenvalue weighted by atomic mass is 10.0. The fourth-order valence-electron chi connectivity index (χ4n) is 2.30. The van der Waals surface area contributed by atoms with Gasteiger partial charge in [0.15, 0.2) is 0 Å². The molecular formula is C12H26N2O3S. The maximum absolute atomic E-state index is 11.7. The van der Waals surface area contributed by atoms with Crippen LogP contribution in [-0.2, 0) is 14.8 Å². The number of ether oxygens (including phenoxy) is 1. The maximum atomic E-state index is 11.7. The minimum absolute atomic E-state index is 0.201. The van der Waals surface area contributed by atoms with E-state index in [2.05, 4.69) is 12.2 Å². The zero-order chi connectivity index (χ0) is 13.6. The fourth-order valence-corrected chi connectivity index (χ4v) is 3.43. The molecular weight excluding hydrogens is 252 g/mol. The van der Waals surface area contributed by atoms with Crippen LogP contribution < -0.4 is 5.32 Å². The Morgan fingerprint density at radius 2 is 1.94 bits per heavy atom. The smallest absolute Gasteiger partial charge is 0.213 e. The highest BCUT2D eigenvalue weighted by Crippen LogP contribution is 2.15. The summed E-state index contributed by atoms with van der Waals surface area (Å²) in [7, 11) is -1.30. The van der Waals surface area contributed by atoms with Crippen LogP contribution in [0.5, 0.6) is 0 Å². The summed E-state index contributed by atoms with van der Waals surface area (Å²) in [5, 5.41) is 3.55. The molecule has 0 spiro atoms.